The highest BCUT2D eigenvalue weighted by Gasteiger charge is 2.26. The van der Waals surface area contributed by atoms with Crippen molar-refractivity contribution in [3.63, 3.8) is 0 Å². The second kappa shape index (κ2) is 6.87. The molecule has 0 aliphatic carbocycles. The molecule has 1 amide bonds. The Balaban J connectivity index is 1.58. The van der Waals surface area contributed by atoms with Crippen molar-refractivity contribution in [3.8, 4) is 0 Å². The highest BCUT2D eigenvalue weighted by Crippen LogP contribution is 2.20. The number of ether oxygens (including phenoxy) is 1. The quantitative estimate of drug-likeness (QED) is 0.850. The summed E-state index contributed by atoms with van der Waals surface area (Å²) in [5.41, 5.74) is 1.79. The summed E-state index contributed by atoms with van der Waals surface area (Å²) in [6, 6.07) is 3.78. The van der Waals surface area contributed by atoms with E-state index in [-0.39, 0.29) is 12.0 Å². The molecule has 1 fully saturated rings. The van der Waals surface area contributed by atoms with Crippen LogP contribution in [0.15, 0.2) is 24.5 Å². The highest BCUT2D eigenvalue weighted by molar-refractivity contribution is 5.76. The van der Waals surface area contributed by atoms with Crippen LogP contribution in [0.25, 0.3) is 0 Å². The number of morpholine rings is 1. The van der Waals surface area contributed by atoms with Gasteiger partial charge in [-0.3, -0.25) is 9.48 Å². The molecule has 1 atom stereocenters. The summed E-state index contributed by atoms with van der Waals surface area (Å²) in [6.07, 6.45) is 3.88. The number of rotatable bonds is 4. The van der Waals surface area contributed by atoms with Crippen molar-refractivity contribution in [3.05, 3.63) is 41.7 Å². The molecule has 1 saturated heterocycles. The molecular weight excluding hydrogens is 294 g/mol. The largest absolute Gasteiger partial charge is 0.368 e. The number of aryl methyl sites for hydroxylation is 3. The van der Waals surface area contributed by atoms with Gasteiger partial charge in [0, 0.05) is 31.9 Å². The minimum Gasteiger partial charge on any atom is -0.368 e. The fourth-order valence-corrected chi connectivity index (χ4v) is 2.66. The van der Waals surface area contributed by atoms with Crippen LogP contribution in [0.5, 0.6) is 0 Å². The Bertz CT molecular complexity index is 685. The third-order valence-electron chi connectivity index (χ3n) is 3.88. The fourth-order valence-electron chi connectivity index (χ4n) is 2.66. The first-order valence-electron chi connectivity index (χ1n) is 7.81. The molecule has 0 aromatic carbocycles. The maximum absolute atomic E-state index is 12.4. The molecule has 1 aliphatic heterocycles. The minimum absolute atomic E-state index is 0.122. The Morgan fingerprint density at radius 2 is 2.26 bits per heavy atom. The molecule has 0 spiro atoms. The number of hydrogen-bond acceptors (Lipinski definition) is 5. The molecule has 1 unspecified atom stereocenters. The van der Waals surface area contributed by atoms with Crippen molar-refractivity contribution in [1.82, 2.24) is 24.6 Å². The van der Waals surface area contributed by atoms with Gasteiger partial charge >= 0.3 is 0 Å². The van der Waals surface area contributed by atoms with Gasteiger partial charge in [-0.2, -0.15) is 5.10 Å². The zero-order valence-electron chi connectivity index (χ0n) is 13.5. The van der Waals surface area contributed by atoms with E-state index in [1.807, 2.05) is 37.1 Å². The summed E-state index contributed by atoms with van der Waals surface area (Å²) in [7, 11) is 0. The van der Waals surface area contributed by atoms with Crippen LogP contribution >= 0.6 is 0 Å². The van der Waals surface area contributed by atoms with Crippen LogP contribution in [0.3, 0.4) is 0 Å². The number of nitrogens with zero attached hydrogens (tertiary/aromatic N) is 5. The second-order valence-corrected chi connectivity index (χ2v) is 5.70. The lowest BCUT2D eigenvalue weighted by Gasteiger charge is -2.32. The number of hydrogen-bond donors (Lipinski definition) is 0. The van der Waals surface area contributed by atoms with Crippen molar-refractivity contribution in [2.24, 2.45) is 0 Å². The van der Waals surface area contributed by atoms with E-state index >= 15 is 0 Å². The van der Waals surface area contributed by atoms with Crippen molar-refractivity contribution >= 4 is 5.91 Å². The Hall–Kier alpha value is -2.28. The van der Waals surface area contributed by atoms with Gasteiger partial charge in [-0.1, -0.05) is 0 Å². The number of aromatic nitrogens is 4. The van der Waals surface area contributed by atoms with Crippen LogP contribution in [0.2, 0.25) is 0 Å². The average molecular weight is 315 g/mol. The maximum atomic E-state index is 12.4. The standard InChI is InChI=1S/C16H21N5O2/c1-12-4-7-21(19-12)8-5-16(22)20-9-10-23-15(11-20)14-3-6-17-13(2)18-14/h3-4,6-7,15H,5,8-11H2,1-2H3. The van der Waals surface area contributed by atoms with Gasteiger partial charge in [-0.05, 0) is 26.0 Å². The van der Waals surface area contributed by atoms with Gasteiger partial charge in [-0.25, -0.2) is 9.97 Å². The van der Waals surface area contributed by atoms with E-state index in [0.717, 1.165) is 11.4 Å². The Morgan fingerprint density at radius 1 is 1.39 bits per heavy atom. The summed E-state index contributed by atoms with van der Waals surface area (Å²) in [4.78, 5) is 22.8. The summed E-state index contributed by atoms with van der Waals surface area (Å²) >= 11 is 0. The Labute approximate surface area is 135 Å². The summed E-state index contributed by atoms with van der Waals surface area (Å²) in [5, 5.41) is 4.30. The first-order chi connectivity index (χ1) is 11.1. The maximum Gasteiger partial charge on any atom is 0.224 e. The molecule has 7 heteroatoms. The van der Waals surface area contributed by atoms with Crippen LogP contribution in [0.1, 0.15) is 29.7 Å². The molecule has 3 heterocycles. The van der Waals surface area contributed by atoms with E-state index in [1.165, 1.54) is 0 Å². The van der Waals surface area contributed by atoms with Gasteiger partial charge < -0.3 is 9.64 Å². The Kier molecular flexibility index (Phi) is 4.66. The van der Waals surface area contributed by atoms with E-state index < -0.39 is 0 Å². The van der Waals surface area contributed by atoms with Crippen molar-refractivity contribution in [1.29, 1.82) is 0 Å². The van der Waals surface area contributed by atoms with Crippen LogP contribution in [0.4, 0.5) is 0 Å². The smallest absolute Gasteiger partial charge is 0.224 e. The predicted octanol–water partition coefficient (Wildman–Crippen LogP) is 1.28. The molecule has 2 aromatic rings. The Morgan fingerprint density at radius 3 is 3.00 bits per heavy atom. The molecule has 122 valence electrons. The molecule has 0 N–H and O–H groups in total. The first-order valence-corrected chi connectivity index (χ1v) is 7.81. The number of carbonyl (C=O) groups excluding carboxylic acids is 1. The van der Waals surface area contributed by atoms with E-state index in [4.69, 9.17) is 4.74 Å². The van der Waals surface area contributed by atoms with Crippen LogP contribution in [-0.2, 0) is 16.1 Å². The van der Waals surface area contributed by atoms with Crippen molar-refractivity contribution < 1.29 is 9.53 Å². The molecule has 2 aromatic heterocycles. The van der Waals surface area contributed by atoms with E-state index in [2.05, 4.69) is 15.1 Å². The zero-order chi connectivity index (χ0) is 16.2. The second-order valence-electron chi connectivity index (χ2n) is 5.70. The SMILES string of the molecule is Cc1ccn(CCC(=O)N2CCOC(c3ccnc(C)n3)C2)n1. The molecular formula is C16H21N5O2. The topological polar surface area (TPSA) is 73.1 Å². The number of carbonyl (C=O) groups is 1. The van der Waals surface area contributed by atoms with Gasteiger partial charge in [-0.15, -0.1) is 0 Å². The molecule has 1 aliphatic rings. The van der Waals surface area contributed by atoms with E-state index in [1.54, 1.807) is 10.9 Å². The minimum atomic E-state index is -0.179. The lowest BCUT2D eigenvalue weighted by Crippen LogP contribution is -2.42. The van der Waals surface area contributed by atoms with Crippen LogP contribution in [-0.4, -0.2) is 50.3 Å². The molecule has 0 radical (unpaired) electrons. The normalized spacial score (nSPS) is 18.2. The monoisotopic (exact) mass is 315 g/mol. The fraction of sp³-hybridized carbons (Fsp3) is 0.500. The van der Waals surface area contributed by atoms with Gasteiger partial charge in [0.25, 0.3) is 0 Å². The number of amides is 1. The van der Waals surface area contributed by atoms with Crippen molar-refractivity contribution in [2.75, 3.05) is 19.7 Å². The van der Waals surface area contributed by atoms with Gasteiger partial charge in [0.15, 0.2) is 0 Å². The predicted molar refractivity (Wildman–Crippen MR) is 83.6 cm³/mol. The van der Waals surface area contributed by atoms with Crippen LogP contribution < -0.4 is 0 Å². The first kappa shape index (κ1) is 15.6. The van der Waals surface area contributed by atoms with Gasteiger partial charge in [0.2, 0.25) is 5.91 Å². The lowest BCUT2D eigenvalue weighted by atomic mass is 10.2. The molecule has 0 saturated carbocycles. The van der Waals surface area contributed by atoms with Gasteiger partial charge in [0.1, 0.15) is 11.9 Å². The zero-order valence-corrected chi connectivity index (χ0v) is 13.5. The average Bonchev–Trinajstić information content (AvgIpc) is 2.98. The summed E-state index contributed by atoms with van der Waals surface area (Å²) in [5.74, 6) is 0.834. The third-order valence-corrected chi connectivity index (χ3v) is 3.88. The lowest BCUT2D eigenvalue weighted by molar-refractivity contribution is -0.139. The third kappa shape index (κ3) is 3.92. The van der Waals surface area contributed by atoms with Crippen LogP contribution in [0, 0.1) is 13.8 Å². The van der Waals surface area contributed by atoms with Gasteiger partial charge in [0.05, 0.1) is 24.5 Å². The molecule has 7 nitrogen and oxygen atoms in total. The summed E-state index contributed by atoms with van der Waals surface area (Å²) in [6.45, 7) is 6.07. The molecule has 23 heavy (non-hydrogen) atoms. The van der Waals surface area contributed by atoms with E-state index in [0.29, 0.717) is 38.5 Å². The summed E-state index contributed by atoms with van der Waals surface area (Å²) < 4.78 is 7.57. The molecule has 0 bridgehead atoms. The van der Waals surface area contributed by atoms with E-state index in [9.17, 15) is 4.79 Å². The van der Waals surface area contributed by atoms with Crippen molar-refractivity contribution in [2.45, 2.75) is 32.9 Å². The highest BCUT2D eigenvalue weighted by atomic mass is 16.5. The molecule has 3 rings (SSSR count).